The van der Waals surface area contributed by atoms with Gasteiger partial charge in [0.05, 0.1) is 22.4 Å². The van der Waals surface area contributed by atoms with E-state index in [1.807, 2.05) is 6.20 Å². The molecule has 0 spiro atoms. The first-order chi connectivity index (χ1) is 23.3. The summed E-state index contributed by atoms with van der Waals surface area (Å²) in [6.07, 6.45) is 10.2. The Balaban J connectivity index is 1.28. The summed E-state index contributed by atoms with van der Waals surface area (Å²) in [5.41, 5.74) is 11.0. The minimum atomic E-state index is 0.433. The number of hydrogen-bond acceptors (Lipinski definition) is 3. The monoisotopic (exact) mass is 636 g/mol. The molecule has 1 aliphatic rings. The highest BCUT2D eigenvalue weighted by atomic mass is 16.5. The quantitative estimate of drug-likeness (QED) is 0.148. The van der Waals surface area contributed by atoms with E-state index in [9.17, 15) is 0 Å². The van der Waals surface area contributed by atoms with Gasteiger partial charge in [-0.15, -0.1) is 0 Å². The average molecular weight is 637 g/mol. The molecule has 3 atom stereocenters. The fraction of sp³-hybridized carbons (Fsp3) is 0.349. The molecule has 246 valence electrons. The normalized spacial score (nSPS) is 18.1. The Kier molecular flexibility index (Phi) is 8.72. The van der Waals surface area contributed by atoms with Crippen LogP contribution in [0.3, 0.4) is 0 Å². The zero-order valence-electron chi connectivity index (χ0n) is 29.5. The van der Waals surface area contributed by atoms with Crippen molar-refractivity contribution in [3.63, 3.8) is 0 Å². The van der Waals surface area contributed by atoms with Gasteiger partial charge in [-0.25, -0.2) is 9.67 Å². The molecule has 5 nitrogen and oxygen atoms in total. The summed E-state index contributed by atoms with van der Waals surface area (Å²) in [6, 6.07) is 25.7. The van der Waals surface area contributed by atoms with Crippen LogP contribution in [0.25, 0.3) is 33.3 Å². The molecule has 5 heteroatoms. The minimum absolute atomic E-state index is 0.433. The molecule has 1 unspecified atom stereocenters. The Morgan fingerprint density at radius 2 is 1.60 bits per heavy atom. The lowest BCUT2D eigenvalue weighted by Gasteiger charge is -2.36. The standard InChI is InChI=1S/C43H48N4O/c1-8-30-18-19-44-41(24-30)46-39-15-13-12-14-37(39)38-17-16-35(26-40(38)46)48-36-21-27(5)20-34(25-36)47-29(7)42(28(6)45-47)43-32(10-3)22-31(9-2)23-33(43)11-4/h12-22,24-26,31,33,43H,8-11,23H2,1-7H3/t31-,33-,43?/m0/s1. The number of ether oxygens (including phenoxy) is 1. The van der Waals surface area contributed by atoms with Gasteiger partial charge in [0.2, 0.25) is 0 Å². The molecule has 6 aromatic rings. The zero-order valence-corrected chi connectivity index (χ0v) is 29.5. The SMILES string of the molecule is CCC1=C[C@H](CC)C[C@H](CC)C1c1c(C)nn(-c2cc(C)cc(Oc3ccc4c5ccccc5n(-c5cc(CC)ccn5)c4c3)c2)c1C. The first-order valence-corrected chi connectivity index (χ1v) is 17.9. The second kappa shape index (κ2) is 13.1. The van der Waals surface area contributed by atoms with Crippen molar-refractivity contribution >= 4 is 21.8 Å². The van der Waals surface area contributed by atoms with Crippen LogP contribution in [0.4, 0.5) is 0 Å². The second-order valence-electron chi connectivity index (χ2n) is 13.7. The van der Waals surface area contributed by atoms with Crippen molar-refractivity contribution in [3.8, 4) is 23.0 Å². The van der Waals surface area contributed by atoms with Crippen molar-refractivity contribution < 1.29 is 4.74 Å². The maximum absolute atomic E-state index is 6.66. The summed E-state index contributed by atoms with van der Waals surface area (Å²) in [4.78, 5) is 4.79. The fourth-order valence-corrected chi connectivity index (χ4v) is 8.21. The maximum Gasteiger partial charge on any atom is 0.137 e. The molecule has 3 heterocycles. The van der Waals surface area contributed by atoms with E-state index in [1.54, 1.807) is 5.57 Å². The molecule has 0 aliphatic heterocycles. The van der Waals surface area contributed by atoms with Crippen molar-refractivity contribution in [2.45, 2.75) is 86.5 Å². The molecular formula is C43H48N4O. The van der Waals surface area contributed by atoms with Crippen LogP contribution < -0.4 is 4.74 Å². The summed E-state index contributed by atoms with van der Waals surface area (Å²) in [6.45, 7) is 15.8. The third kappa shape index (κ3) is 5.63. The third-order valence-electron chi connectivity index (χ3n) is 10.6. The van der Waals surface area contributed by atoms with Gasteiger partial charge in [0.15, 0.2) is 0 Å². The van der Waals surface area contributed by atoms with Crippen LogP contribution in [-0.4, -0.2) is 19.3 Å². The lowest BCUT2D eigenvalue weighted by Crippen LogP contribution is -2.24. The van der Waals surface area contributed by atoms with Crippen molar-refractivity contribution in [3.05, 3.63) is 119 Å². The van der Waals surface area contributed by atoms with E-state index in [-0.39, 0.29) is 0 Å². The summed E-state index contributed by atoms with van der Waals surface area (Å²) in [5, 5.41) is 7.55. The Labute approximate surface area is 285 Å². The van der Waals surface area contributed by atoms with Crippen LogP contribution in [0, 0.1) is 32.6 Å². The average Bonchev–Trinajstić information content (AvgIpc) is 3.59. The van der Waals surface area contributed by atoms with Crippen LogP contribution in [-0.2, 0) is 6.42 Å². The van der Waals surface area contributed by atoms with E-state index in [2.05, 4.69) is 137 Å². The lowest BCUT2D eigenvalue weighted by molar-refractivity contribution is 0.330. The predicted octanol–water partition coefficient (Wildman–Crippen LogP) is 11.5. The molecule has 7 rings (SSSR count). The number of para-hydroxylation sites is 1. The predicted molar refractivity (Wildman–Crippen MR) is 199 cm³/mol. The van der Waals surface area contributed by atoms with Crippen molar-refractivity contribution in [2.24, 2.45) is 11.8 Å². The molecule has 0 fully saturated rings. The van der Waals surface area contributed by atoms with E-state index in [1.165, 1.54) is 46.9 Å². The van der Waals surface area contributed by atoms with Gasteiger partial charge < -0.3 is 4.74 Å². The lowest BCUT2D eigenvalue weighted by atomic mass is 9.68. The molecule has 0 amide bonds. The van der Waals surface area contributed by atoms with Gasteiger partial charge in [-0.1, -0.05) is 64.0 Å². The minimum Gasteiger partial charge on any atom is -0.457 e. The number of fused-ring (bicyclic) bond motifs is 3. The van der Waals surface area contributed by atoms with Gasteiger partial charge in [0.25, 0.3) is 0 Å². The van der Waals surface area contributed by atoms with Gasteiger partial charge in [0, 0.05) is 46.3 Å². The molecule has 1 aliphatic carbocycles. The number of allylic oxidation sites excluding steroid dienone is 2. The van der Waals surface area contributed by atoms with E-state index < -0.39 is 0 Å². The van der Waals surface area contributed by atoms with E-state index in [0.717, 1.165) is 58.1 Å². The van der Waals surface area contributed by atoms with E-state index >= 15 is 0 Å². The van der Waals surface area contributed by atoms with Crippen molar-refractivity contribution in [1.29, 1.82) is 0 Å². The highest BCUT2D eigenvalue weighted by Crippen LogP contribution is 2.46. The van der Waals surface area contributed by atoms with E-state index in [0.29, 0.717) is 17.8 Å². The molecule has 3 aromatic heterocycles. The van der Waals surface area contributed by atoms with Crippen LogP contribution >= 0.6 is 0 Å². The molecule has 0 saturated carbocycles. The first-order valence-electron chi connectivity index (χ1n) is 17.9. The highest BCUT2D eigenvalue weighted by molar-refractivity contribution is 6.09. The molecule has 3 aromatic carbocycles. The van der Waals surface area contributed by atoms with Crippen LogP contribution in [0.5, 0.6) is 11.5 Å². The number of aromatic nitrogens is 4. The second-order valence-corrected chi connectivity index (χ2v) is 13.7. The zero-order chi connectivity index (χ0) is 33.5. The number of benzene rings is 3. The molecule has 48 heavy (non-hydrogen) atoms. The Hall–Kier alpha value is -4.64. The topological polar surface area (TPSA) is 44.9 Å². The molecule has 0 bridgehead atoms. The largest absolute Gasteiger partial charge is 0.457 e. The third-order valence-corrected chi connectivity index (χ3v) is 10.6. The summed E-state index contributed by atoms with van der Waals surface area (Å²) >= 11 is 0. The van der Waals surface area contributed by atoms with Gasteiger partial charge in [-0.3, -0.25) is 4.57 Å². The Morgan fingerprint density at radius 3 is 2.38 bits per heavy atom. The number of hydrogen-bond donors (Lipinski definition) is 0. The summed E-state index contributed by atoms with van der Waals surface area (Å²) in [7, 11) is 0. The van der Waals surface area contributed by atoms with Crippen LogP contribution in [0.15, 0.2) is 90.6 Å². The maximum atomic E-state index is 6.66. The van der Waals surface area contributed by atoms with Gasteiger partial charge in [-0.2, -0.15) is 5.10 Å². The Morgan fingerprint density at radius 1 is 0.792 bits per heavy atom. The smallest absolute Gasteiger partial charge is 0.137 e. The van der Waals surface area contributed by atoms with Gasteiger partial charge in [-0.05, 0) is 112 Å². The molecule has 0 radical (unpaired) electrons. The fourth-order valence-electron chi connectivity index (χ4n) is 8.21. The van der Waals surface area contributed by atoms with Crippen LogP contribution in [0.1, 0.15) is 87.4 Å². The number of pyridine rings is 1. The summed E-state index contributed by atoms with van der Waals surface area (Å²) in [5.74, 6) is 4.28. The molecule has 0 N–H and O–H groups in total. The first kappa shape index (κ1) is 31.9. The molecule has 0 saturated heterocycles. The van der Waals surface area contributed by atoms with Crippen molar-refractivity contribution in [1.82, 2.24) is 19.3 Å². The summed E-state index contributed by atoms with van der Waals surface area (Å²) < 4.78 is 11.1. The van der Waals surface area contributed by atoms with E-state index in [4.69, 9.17) is 14.8 Å². The number of rotatable bonds is 9. The van der Waals surface area contributed by atoms with Gasteiger partial charge in [0.1, 0.15) is 17.3 Å². The molecular weight excluding hydrogens is 589 g/mol. The van der Waals surface area contributed by atoms with Crippen LogP contribution in [0.2, 0.25) is 0 Å². The number of nitrogens with zero attached hydrogens (tertiary/aromatic N) is 4. The Bertz CT molecular complexity index is 2150. The number of aryl methyl sites for hydroxylation is 3. The van der Waals surface area contributed by atoms with Crippen molar-refractivity contribution in [2.75, 3.05) is 0 Å². The highest BCUT2D eigenvalue weighted by Gasteiger charge is 2.34. The van der Waals surface area contributed by atoms with Gasteiger partial charge >= 0.3 is 0 Å².